The van der Waals surface area contributed by atoms with Gasteiger partial charge in [0.25, 0.3) is 5.91 Å². The first kappa shape index (κ1) is 13.9. The van der Waals surface area contributed by atoms with Crippen molar-refractivity contribution in [3.63, 3.8) is 0 Å². The summed E-state index contributed by atoms with van der Waals surface area (Å²) in [5, 5.41) is 0.487. The molecule has 4 nitrogen and oxygen atoms in total. The summed E-state index contributed by atoms with van der Waals surface area (Å²) in [4.78, 5) is 18.1. The quantitative estimate of drug-likeness (QED) is 0.875. The van der Waals surface area contributed by atoms with E-state index in [4.69, 9.17) is 16.3 Å². The van der Waals surface area contributed by atoms with Crippen molar-refractivity contribution in [3.05, 3.63) is 58.7 Å². The lowest BCUT2D eigenvalue weighted by molar-refractivity contribution is 0.0160. The van der Waals surface area contributed by atoms with Crippen LogP contribution in [0.5, 0.6) is 5.88 Å². The number of carbonyl (C=O) groups is 1. The van der Waals surface area contributed by atoms with E-state index < -0.39 is 0 Å². The summed E-state index contributed by atoms with van der Waals surface area (Å²) in [6.07, 6.45) is 1.58. The van der Waals surface area contributed by atoms with Gasteiger partial charge in [-0.2, -0.15) is 0 Å². The number of halogens is 1. The zero-order valence-electron chi connectivity index (χ0n) is 11.6. The lowest BCUT2D eigenvalue weighted by Gasteiger charge is -2.38. The Balaban J connectivity index is 1.58. The van der Waals surface area contributed by atoms with E-state index in [2.05, 4.69) is 4.98 Å². The summed E-state index contributed by atoms with van der Waals surface area (Å²) in [6.45, 7) is 3.08. The molecular weight excluding hydrogens is 288 g/mol. The molecule has 1 saturated heterocycles. The number of nitrogens with zero attached hydrogens (tertiary/aromatic N) is 2. The van der Waals surface area contributed by atoms with Crippen molar-refractivity contribution in [1.29, 1.82) is 0 Å². The molecule has 0 saturated carbocycles. The molecule has 1 fully saturated rings. The van der Waals surface area contributed by atoms with E-state index in [1.54, 1.807) is 23.2 Å². The highest BCUT2D eigenvalue weighted by molar-refractivity contribution is 6.31. The second kappa shape index (κ2) is 5.74. The Morgan fingerprint density at radius 1 is 1.33 bits per heavy atom. The predicted molar refractivity (Wildman–Crippen MR) is 80.7 cm³/mol. The van der Waals surface area contributed by atoms with Crippen molar-refractivity contribution in [2.75, 3.05) is 13.1 Å². The molecule has 0 aliphatic carbocycles. The molecule has 0 spiro atoms. The second-order valence-corrected chi connectivity index (χ2v) is 5.52. The maximum atomic E-state index is 12.3. The SMILES string of the molecule is Cc1cccc(C(=O)N2CC(Oc3ncccc3Cl)C2)c1. The van der Waals surface area contributed by atoms with Crippen LogP contribution < -0.4 is 4.74 Å². The fraction of sp³-hybridized carbons (Fsp3) is 0.250. The topological polar surface area (TPSA) is 42.4 Å². The third-order valence-corrected chi connectivity index (χ3v) is 3.69. The van der Waals surface area contributed by atoms with Crippen LogP contribution in [-0.4, -0.2) is 35.0 Å². The van der Waals surface area contributed by atoms with Crippen molar-refractivity contribution in [2.45, 2.75) is 13.0 Å². The van der Waals surface area contributed by atoms with Crippen LogP contribution in [0.3, 0.4) is 0 Å². The van der Waals surface area contributed by atoms with Crippen LogP contribution in [0.15, 0.2) is 42.6 Å². The number of aromatic nitrogens is 1. The van der Waals surface area contributed by atoms with Gasteiger partial charge in [-0.25, -0.2) is 4.98 Å². The van der Waals surface area contributed by atoms with Gasteiger partial charge in [-0.1, -0.05) is 29.3 Å². The number of carbonyl (C=O) groups excluding carboxylic acids is 1. The number of benzene rings is 1. The third-order valence-electron chi connectivity index (χ3n) is 3.40. The molecule has 1 aliphatic rings. The van der Waals surface area contributed by atoms with Crippen LogP contribution in [0.4, 0.5) is 0 Å². The van der Waals surface area contributed by atoms with Gasteiger partial charge in [0, 0.05) is 11.8 Å². The lowest BCUT2D eigenvalue weighted by Crippen LogP contribution is -2.56. The average molecular weight is 303 g/mol. The van der Waals surface area contributed by atoms with Gasteiger partial charge in [0.2, 0.25) is 5.88 Å². The van der Waals surface area contributed by atoms with Gasteiger partial charge in [0.05, 0.1) is 13.1 Å². The van der Waals surface area contributed by atoms with Gasteiger partial charge in [-0.3, -0.25) is 4.79 Å². The average Bonchev–Trinajstić information content (AvgIpc) is 2.43. The van der Waals surface area contributed by atoms with Crippen molar-refractivity contribution in [3.8, 4) is 5.88 Å². The number of likely N-dealkylation sites (tertiary alicyclic amines) is 1. The van der Waals surface area contributed by atoms with Crippen molar-refractivity contribution >= 4 is 17.5 Å². The minimum absolute atomic E-state index is 0.0330. The Bertz CT molecular complexity index is 669. The molecule has 1 aliphatic heterocycles. The largest absolute Gasteiger partial charge is 0.470 e. The second-order valence-electron chi connectivity index (χ2n) is 5.11. The summed E-state index contributed by atoms with van der Waals surface area (Å²) < 4.78 is 5.68. The van der Waals surface area contributed by atoms with E-state index in [0.717, 1.165) is 5.56 Å². The van der Waals surface area contributed by atoms with Gasteiger partial charge < -0.3 is 9.64 Å². The van der Waals surface area contributed by atoms with E-state index in [1.165, 1.54) is 0 Å². The Morgan fingerprint density at radius 2 is 2.14 bits per heavy atom. The molecule has 5 heteroatoms. The highest BCUT2D eigenvalue weighted by atomic mass is 35.5. The summed E-state index contributed by atoms with van der Waals surface area (Å²) in [6, 6.07) is 11.1. The monoisotopic (exact) mass is 302 g/mol. The fourth-order valence-corrected chi connectivity index (χ4v) is 2.42. The first-order valence-corrected chi connectivity index (χ1v) is 7.14. The minimum atomic E-state index is -0.0499. The Labute approximate surface area is 128 Å². The maximum Gasteiger partial charge on any atom is 0.254 e. The molecule has 3 rings (SSSR count). The molecule has 0 N–H and O–H groups in total. The maximum absolute atomic E-state index is 12.3. The summed E-state index contributed by atoms with van der Waals surface area (Å²) in [5.74, 6) is 0.456. The van der Waals surface area contributed by atoms with Crippen LogP contribution in [0.2, 0.25) is 5.02 Å². The molecule has 1 aromatic heterocycles. The number of aryl methyl sites for hydroxylation is 1. The number of hydrogen-bond acceptors (Lipinski definition) is 3. The molecule has 0 radical (unpaired) electrons. The van der Waals surface area contributed by atoms with Crippen LogP contribution in [0.1, 0.15) is 15.9 Å². The first-order valence-electron chi connectivity index (χ1n) is 6.76. The fourth-order valence-electron chi connectivity index (χ4n) is 2.25. The molecule has 0 atom stereocenters. The Morgan fingerprint density at radius 3 is 2.86 bits per heavy atom. The summed E-state index contributed by atoms with van der Waals surface area (Å²) in [7, 11) is 0. The number of ether oxygens (including phenoxy) is 1. The van der Waals surface area contributed by atoms with Crippen LogP contribution in [-0.2, 0) is 0 Å². The smallest absolute Gasteiger partial charge is 0.254 e. The van der Waals surface area contributed by atoms with E-state index in [1.807, 2.05) is 31.2 Å². The van der Waals surface area contributed by atoms with E-state index >= 15 is 0 Å². The van der Waals surface area contributed by atoms with Gasteiger partial charge in [0.15, 0.2) is 0 Å². The van der Waals surface area contributed by atoms with Crippen molar-refractivity contribution < 1.29 is 9.53 Å². The highest BCUT2D eigenvalue weighted by Gasteiger charge is 2.33. The summed E-state index contributed by atoms with van der Waals surface area (Å²) in [5.41, 5.74) is 1.79. The standard InChI is InChI=1S/C16H15ClN2O2/c1-11-4-2-5-12(8-11)16(20)19-9-13(10-19)21-15-14(17)6-3-7-18-15/h2-8,13H,9-10H2,1H3. The minimum Gasteiger partial charge on any atom is -0.470 e. The Hall–Kier alpha value is -2.07. The van der Waals surface area contributed by atoms with E-state index in [0.29, 0.717) is 29.6 Å². The van der Waals surface area contributed by atoms with Crippen LogP contribution in [0.25, 0.3) is 0 Å². The number of rotatable bonds is 3. The van der Waals surface area contributed by atoms with Gasteiger partial charge >= 0.3 is 0 Å². The molecular formula is C16H15ClN2O2. The van der Waals surface area contributed by atoms with Crippen molar-refractivity contribution in [2.24, 2.45) is 0 Å². The Kier molecular flexibility index (Phi) is 3.80. The molecule has 1 amide bonds. The van der Waals surface area contributed by atoms with Crippen LogP contribution >= 0.6 is 11.6 Å². The zero-order chi connectivity index (χ0) is 14.8. The molecule has 2 aromatic rings. The molecule has 0 unspecified atom stereocenters. The normalized spacial score (nSPS) is 14.7. The summed E-state index contributed by atoms with van der Waals surface area (Å²) >= 11 is 5.99. The number of pyridine rings is 1. The first-order chi connectivity index (χ1) is 10.1. The third kappa shape index (κ3) is 3.00. The molecule has 2 heterocycles. The molecule has 21 heavy (non-hydrogen) atoms. The molecule has 108 valence electrons. The number of amides is 1. The van der Waals surface area contributed by atoms with Crippen LogP contribution in [0, 0.1) is 6.92 Å². The molecule has 0 bridgehead atoms. The number of hydrogen-bond donors (Lipinski definition) is 0. The van der Waals surface area contributed by atoms with Gasteiger partial charge in [0.1, 0.15) is 11.1 Å². The zero-order valence-corrected chi connectivity index (χ0v) is 12.4. The van der Waals surface area contributed by atoms with Gasteiger partial charge in [-0.15, -0.1) is 0 Å². The van der Waals surface area contributed by atoms with Crippen molar-refractivity contribution in [1.82, 2.24) is 9.88 Å². The molecule has 1 aromatic carbocycles. The predicted octanol–water partition coefficient (Wildman–Crippen LogP) is 2.95. The van der Waals surface area contributed by atoms with E-state index in [9.17, 15) is 4.79 Å². The highest BCUT2D eigenvalue weighted by Crippen LogP contribution is 2.24. The van der Waals surface area contributed by atoms with E-state index in [-0.39, 0.29) is 12.0 Å². The van der Waals surface area contributed by atoms with Gasteiger partial charge in [-0.05, 0) is 31.2 Å². The lowest BCUT2D eigenvalue weighted by atomic mass is 10.1.